The van der Waals surface area contributed by atoms with Crippen molar-refractivity contribution in [3.8, 4) is 11.1 Å². The van der Waals surface area contributed by atoms with E-state index in [0.717, 1.165) is 36.4 Å². The number of aryl methyl sites for hydroxylation is 1. The molecule has 200 valence electrons. The third-order valence-corrected chi connectivity index (χ3v) is 7.58. The van der Waals surface area contributed by atoms with Gasteiger partial charge in [0.15, 0.2) is 0 Å². The van der Waals surface area contributed by atoms with E-state index in [9.17, 15) is 0 Å². The summed E-state index contributed by atoms with van der Waals surface area (Å²) in [6.45, 7) is 5.10. The molecule has 0 amide bonds. The second-order valence-electron chi connectivity index (χ2n) is 10.3. The average molecular weight is 523 g/mol. The molecule has 0 saturated heterocycles. The predicted octanol–water partition coefficient (Wildman–Crippen LogP) is 9.15. The second-order valence-corrected chi connectivity index (χ2v) is 10.3. The fraction of sp³-hybridized carbons (Fsp3) is 0.184. The van der Waals surface area contributed by atoms with Crippen LogP contribution in [-0.4, -0.2) is 19.3 Å². The summed E-state index contributed by atoms with van der Waals surface area (Å²) in [5, 5.41) is 3.50. The minimum atomic E-state index is 0.376. The Hall–Kier alpha value is -4.43. The summed E-state index contributed by atoms with van der Waals surface area (Å²) < 4.78 is 0. The van der Waals surface area contributed by atoms with Crippen LogP contribution >= 0.6 is 0 Å². The molecule has 1 unspecified atom stereocenters. The zero-order chi connectivity index (χ0) is 27.7. The molecule has 40 heavy (non-hydrogen) atoms. The van der Waals surface area contributed by atoms with Gasteiger partial charge in [0.25, 0.3) is 0 Å². The highest BCUT2D eigenvalue weighted by Gasteiger charge is 2.17. The van der Waals surface area contributed by atoms with Gasteiger partial charge in [0.05, 0.1) is 5.71 Å². The maximum atomic E-state index is 5.33. The molecule has 0 fully saturated rings. The lowest BCUT2D eigenvalue weighted by Crippen LogP contribution is -2.16. The number of nitrogens with one attached hydrogen (secondary N) is 1. The van der Waals surface area contributed by atoms with Crippen molar-refractivity contribution >= 4 is 17.0 Å². The van der Waals surface area contributed by atoms with Gasteiger partial charge < -0.3 is 5.32 Å². The first-order valence-electron chi connectivity index (χ1n) is 14.3. The first-order valence-corrected chi connectivity index (χ1v) is 14.3. The average Bonchev–Trinajstić information content (AvgIpc) is 3.02. The van der Waals surface area contributed by atoms with Crippen molar-refractivity contribution in [3.05, 3.63) is 155 Å². The molecule has 1 aliphatic carbocycles. The van der Waals surface area contributed by atoms with Gasteiger partial charge in [-0.05, 0) is 47.6 Å². The smallest absolute Gasteiger partial charge is 0.0699 e. The van der Waals surface area contributed by atoms with Crippen LogP contribution in [0.4, 0.5) is 0 Å². The molecular weight excluding hydrogens is 484 g/mol. The zero-order valence-electron chi connectivity index (χ0n) is 23.8. The van der Waals surface area contributed by atoms with E-state index in [1.165, 1.54) is 39.0 Å². The van der Waals surface area contributed by atoms with Crippen molar-refractivity contribution in [2.24, 2.45) is 10.9 Å². The van der Waals surface area contributed by atoms with Crippen LogP contribution in [0.25, 0.3) is 22.4 Å². The van der Waals surface area contributed by atoms with Crippen molar-refractivity contribution in [3.63, 3.8) is 0 Å². The van der Waals surface area contributed by atoms with Crippen LogP contribution in [0.15, 0.2) is 138 Å². The van der Waals surface area contributed by atoms with Crippen molar-refractivity contribution in [1.82, 2.24) is 5.32 Å². The summed E-state index contributed by atoms with van der Waals surface area (Å²) in [5.74, 6) is 0.376. The number of hydrogen-bond acceptors (Lipinski definition) is 2. The Morgan fingerprint density at radius 1 is 0.750 bits per heavy atom. The maximum Gasteiger partial charge on any atom is 0.0699 e. The van der Waals surface area contributed by atoms with Gasteiger partial charge in [0.1, 0.15) is 0 Å². The van der Waals surface area contributed by atoms with Crippen molar-refractivity contribution in [2.75, 3.05) is 13.6 Å². The molecule has 0 radical (unpaired) electrons. The molecule has 0 bridgehead atoms. The highest BCUT2D eigenvalue weighted by molar-refractivity contribution is 6.16. The predicted molar refractivity (Wildman–Crippen MR) is 172 cm³/mol. The second kappa shape index (κ2) is 13.1. The molecule has 5 rings (SSSR count). The van der Waals surface area contributed by atoms with Crippen molar-refractivity contribution in [2.45, 2.75) is 26.7 Å². The number of aliphatic imine (C=N–C) groups is 1. The summed E-state index contributed by atoms with van der Waals surface area (Å²) >= 11 is 0. The molecule has 1 atom stereocenters. The van der Waals surface area contributed by atoms with Gasteiger partial charge >= 0.3 is 0 Å². The first kappa shape index (κ1) is 27.1. The van der Waals surface area contributed by atoms with Crippen molar-refractivity contribution < 1.29 is 0 Å². The fourth-order valence-corrected chi connectivity index (χ4v) is 5.32. The van der Waals surface area contributed by atoms with E-state index in [2.05, 4.69) is 147 Å². The van der Waals surface area contributed by atoms with Crippen LogP contribution < -0.4 is 5.32 Å². The number of hydrogen-bond donors (Lipinski definition) is 1. The molecular formula is C38H38N2. The molecule has 4 aromatic rings. The molecule has 0 heterocycles. The summed E-state index contributed by atoms with van der Waals surface area (Å²) in [6, 6.07) is 38.8. The van der Waals surface area contributed by atoms with Gasteiger partial charge in [-0.2, -0.15) is 0 Å². The van der Waals surface area contributed by atoms with Crippen LogP contribution in [0, 0.1) is 12.8 Å². The largest absolute Gasteiger partial charge is 0.387 e. The Labute approximate surface area is 239 Å². The van der Waals surface area contributed by atoms with Crippen LogP contribution in [0.1, 0.15) is 42.0 Å². The van der Waals surface area contributed by atoms with E-state index in [1.807, 2.05) is 7.05 Å². The van der Waals surface area contributed by atoms with Crippen molar-refractivity contribution in [1.29, 1.82) is 0 Å². The molecule has 4 aromatic carbocycles. The Morgan fingerprint density at radius 3 is 1.98 bits per heavy atom. The fourth-order valence-electron chi connectivity index (χ4n) is 5.32. The monoisotopic (exact) mass is 522 g/mol. The standard InChI is InChI=1S/C38H38N2/c1-4-36(37(39-3)34-13-9-6-10-14-34)38(35-25-23-33(24-26-35)30-11-7-5-8-12-30)40-27-29-17-21-32(22-18-29)31-19-15-28(2)16-20-31/h5-17,19-26,29,39H,4,18,27H2,1-3H3/b37-36-,40-38-. The van der Waals surface area contributed by atoms with Crippen LogP contribution in [-0.2, 0) is 0 Å². The number of rotatable bonds is 9. The normalized spacial score (nSPS) is 15.8. The SMILES string of the molecule is CCC(/C(=N\CC1C=CC(c2ccc(C)cc2)=CC1)c1ccc(-c2ccccc2)cc1)=C(/NC)c1ccccc1. The lowest BCUT2D eigenvalue weighted by atomic mass is 9.91. The summed E-state index contributed by atoms with van der Waals surface area (Å²) in [6.07, 6.45) is 8.83. The number of allylic oxidation sites excluding steroid dienone is 4. The minimum absolute atomic E-state index is 0.376. The lowest BCUT2D eigenvalue weighted by Gasteiger charge is -2.19. The lowest BCUT2D eigenvalue weighted by molar-refractivity contribution is 0.672. The quantitative estimate of drug-likeness (QED) is 0.218. The molecule has 0 spiro atoms. The molecule has 0 aliphatic heterocycles. The van der Waals surface area contributed by atoms with E-state index in [-0.39, 0.29) is 0 Å². The Kier molecular flexibility index (Phi) is 8.88. The van der Waals surface area contributed by atoms with Gasteiger partial charge in [-0.3, -0.25) is 4.99 Å². The van der Waals surface area contributed by atoms with E-state index < -0.39 is 0 Å². The Morgan fingerprint density at radius 2 is 1.38 bits per heavy atom. The van der Waals surface area contributed by atoms with Crippen LogP contribution in [0.2, 0.25) is 0 Å². The maximum absolute atomic E-state index is 5.33. The van der Waals surface area contributed by atoms with Gasteiger partial charge in [0, 0.05) is 36.3 Å². The molecule has 2 heteroatoms. The minimum Gasteiger partial charge on any atom is -0.387 e. The van der Waals surface area contributed by atoms with Crippen LogP contribution in [0.5, 0.6) is 0 Å². The molecule has 0 saturated carbocycles. The Bertz CT molecular complexity index is 1520. The molecule has 1 N–H and O–H groups in total. The van der Waals surface area contributed by atoms with Gasteiger partial charge in [-0.1, -0.05) is 140 Å². The first-order chi connectivity index (χ1) is 19.7. The van der Waals surface area contributed by atoms with E-state index in [1.54, 1.807) is 0 Å². The van der Waals surface area contributed by atoms with E-state index in [4.69, 9.17) is 4.99 Å². The topological polar surface area (TPSA) is 24.4 Å². The van der Waals surface area contributed by atoms with E-state index in [0.29, 0.717) is 5.92 Å². The van der Waals surface area contributed by atoms with Gasteiger partial charge in [0.2, 0.25) is 0 Å². The molecule has 0 aromatic heterocycles. The number of benzene rings is 4. The van der Waals surface area contributed by atoms with Crippen LogP contribution in [0.3, 0.4) is 0 Å². The Balaban J connectivity index is 1.47. The van der Waals surface area contributed by atoms with Gasteiger partial charge in [-0.15, -0.1) is 0 Å². The summed E-state index contributed by atoms with van der Waals surface area (Å²) in [5.41, 5.74) is 12.1. The van der Waals surface area contributed by atoms with Gasteiger partial charge in [-0.25, -0.2) is 0 Å². The van der Waals surface area contributed by atoms with E-state index >= 15 is 0 Å². The molecule has 2 nitrogen and oxygen atoms in total. The number of nitrogens with zero attached hydrogens (tertiary/aromatic N) is 1. The highest BCUT2D eigenvalue weighted by atomic mass is 14.8. The molecule has 1 aliphatic rings. The zero-order valence-corrected chi connectivity index (χ0v) is 23.8. The summed E-state index contributed by atoms with van der Waals surface area (Å²) in [4.78, 5) is 5.33. The summed E-state index contributed by atoms with van der Waals surface area (Å²) in [7, 11) is 2.01. The third kappa shape index (κ3) is 6.40. The highest BCUT2D eigenvalue weighted by Crippen LogP contribution is 2.28. The third-order valence-electron chi connectivity index (χ3n) is 7.58.